The molecule has 160 valence electrons. The highest BCUT2D eigenvalue weighted by atomic mass is 32.1. The smallest absolute Gasteiger partial charge is 0.243 e. The third-order valence-corrected chi connectivity index (χ3v) is 7.23. The molecular weight excluding hydrogens is 398 g/mol. The summed E-state index contributed by atoms with van der Waals surface area (Å²) in [6, 6.07) is 7.51. The lowest BCUT2D eigenvalue weighted by atomic mass is 9.88. The Hall–Kier alpha value is -2.25. The van der Waals surface area contributed by atoms with Gasteiger partial charge in [0.1, 0.15) is 6.04 Å². The second kappa shape index (κ2) is 9.27. The molecule has 0 bridgehead atoms. The molecule has 2 aliphatic rings. The number of hydrogen-bond donors (Lipinski definition) is 2. The maximum absolute atomic E-state index is 12.9. The Balaban J connectivity index is 1.36. The molecule has 6 nitrogen and oxygen atoms in total. The third kappa shape index (κ3) is 4.57. The van der Waals surface area contributed by atoms with Gasteiger partial charge in [-0.15, -0.1) is 11.3 Å². The number of nitrogens with one attached hydrogen (secondary N) is 1. The van der Waals surface area contributed by atoms with Crippen molar-refractivity contribution in [3.8, 4) is 10.4 Å². The van der Waals surface area contributed by atoms with E-state index in [4.69, 9.17) is 0 Å². The summed E-state index contributed by atoms with van der Waals surface area (Å²) in [6.07, 6.45) is 4.79. The van der Waals surface area contributed by atoms with E-state index in [9.17, 15) is 14.7 Å². The lowest BCUT2D eigenvalue weighted by molar-refractivity contribution is -0.142. The number of benzene rings is 1. The van der Waals surface area contributed by atoms with Crippen molar-refractivity contribution in [2.75, 3.05) is 6.54 Å². The van der Waals surface area contributed by atoms with Gasteiger partial charge >= 0.3 is 0 Å². The van der Waals surface area contributed by atoms with Crippen molar-refractivity contribution in [1.82, 2.24) is 15.2 Å². The van der Waals surface area contributed by atoms with Crippen LogP contribution in [0, 0.1) is 12.8 Å². The Kier molecular flexibility index (Phi) is 6.49. The molecule has 2 amide bonds. The lowest BCUT2D eigenvalue weighted by Crippen LogP contribution is -2.48. The standard InChI is InChI=1S/C23H29N3O3S/c1-15-21(30-14-25-15)17-9-7-16(8-10-17)12-24-22(28)20-11-19(27)13-26(20)23(29)18-5-3-2-4-6-18/h7-10,14,18-20,27H,2-6,11-13H2,1H3,(H,24,28)/t19-,20?/m1/s1. The van der Waals surface area contributed by atoms with Crippen LogP contribution in [0.5, 0.6) is 0 Å². The maximum atomic E-state index is 12.9. The summed E-state index contributed by atoms with van der Waals surface area (Å²) in [5.74, 6) is -0.143. The number of rotatable bonds is 5. The van der Waals surface area contributed by atoms with E-state index in [-0.39, 0.29) is 24.3 Å². The number of nitrogens with zero attached hydrogens (tertiary/aromatic N) is 2. The van der Waals surface area contributed by atoms with E-state index >= 15 is 0 Å². The van der Waals surface area contributed by atoms with Crippen LogP contribution in [-0.4, -0.2) is 45.5 Å². The summed E-state index contributed by atoms with van der Waals surface area (Å²) in [5, 5.41) is 13.1. The van der Waals surface area contributed by atoms with Gasteiger partial charge in [-0.1, -0.05) is 43.5 Å². The normalized spacial score (nSPS) is 22.3. The van der Waals surface area contributed by atoms with E-state index in [1.165, 1.54) is 6.42 Å². The van der Waals surface area contributed by atoms with Crippen LogP contribution in [0.4, 0.5) is 0 Å². The van der Waals surface area contributed by atoms with Gasteiger partial charge in [0.15, 0.2) is 0 Å². The van der Waals surface area contributed by atoms with Gasteiger partial charge in [-0.2, -0.15) is 0 Å². The van der Waals surface area contributed by atoms with Gasteiger partial charge in [0.2, 0.25) is 11.8 Å². The SMILES string of the molecule is Cc1ncsc1-c1ccc(CNC(=O)C2C[C@@H](O)CN2C(=O)C2CCCCC2)cc1. The van der Waals surface area contributed by atoms with Crippen molar-refractivity contribution in [3.05, 3.63) is 41.0 Å². The zero-order valence-electron chi connectivity index (χ0n) is 17.3. The highest BCUT2D eigenvalue weighted by molar-refractivity contribution is 7.13. The molecule has 30 heavy (non-hydrogen) atoms. The average molecular weight is 428 g/mol. The summed E-state index contributed by atoms with van der Waals surface area (Å²) >= 11 is 1.62. The number of aryl methyl sites for hydroxylation is 1. The lowest BCUT2D eigenvalue weighted by Gasteiger charge is -2.29. The minimum atomic E-state index is -0.629. The van der Waals surface area contributed by atoms with Gasteiger partial charge in [0, 0.05) is 25.4 Å². The van der Waals surface area contributed by atoms with Crippen LogP contribution < -0.4 is 5.32 Å². The first kappa shape index (κ1) is 21.0. The Morgan fingerprint density at radius 2 is 1.93 bits per heavy atom. The van der Waals surface area contributed by atoms with Crippen molar-refractivity contribution in [2.45, 2.75) is 64.1 Å². The molecule has 2 aromatic rings. The zero-order valence-corrected chi connectivity index (χ0v) is 18.2. The second-order valence-corrected chi connectivity index (χ2v) is 9.27. The molecule has 1 aromatic carbocycles. The molecule has 7 heteroatoms. The van der Waals surface area contributed by atoms with Gasteiger partial charge in [0.25, 0.3) is 0 Å². The fourth-order valence-electron chi connectivity index (χ4n) is 4.55. The Bertz CT molecular complexity index is 889. The quantitative estimate of drug-likeness (QED) is 0.767. The van der Waals surface area contributed by atoms with Crippen molar-refractivity contribution in [2.24, 2.45) is 5.92 Å². The topological polar surface area (TPSA) is 82.5 Å². The van der Waals surface area contributed by atoms with Crippen LogP contribution in [0.1, 0.15) is 49.8 Å². The molecule has 1 aliphatic carbocycles. The Morgan fingerprint density at radius 1 is 1.20 bits per heavy atom. The minimum absolute atomic E-state index is 0.00194. The van der Waals surface area contributed by atoms with Gasteiger partial charge in [-0.05, 0) is 30.9 Å². The number of β-amino-alcohol motifs (C(OH)–C–C–N with tert-alkyl or cyclic N) is 1. The molecule has 2 N–H and O–H groups in total. The minimum Gasteiger partial charge on any atom is -0.391 e. The van der Waals surface area contributed by atoms with Crippen LogP contribution in [0.25, 0.3) is 10.4 Å². The molecule has 1 unspecified atom stereocenters. The van der Waals surface area contributed by atoms with Crippen molar-refractivity contribution in [3.63, 3.8) is 0 Å². The predicted molar refractivity (Wildman–Crippen MR) is 117 cm³/mol. The summed E-state index contributed by atoms with van der Waals surface area (Å²) in [4.78, 5) is 32.8. The largest absolute Gasteiger partial charge is 0.391 e. The highest BCUT2D eigenvalue weighted by Gasteiger charge is 2.41. The van der Waals surface area contributed by atoms with Gasteiger partial charge in [0.05, 0.1) is 22.2 Å². The number of likely N-dealkylation sites (tertiary alicyclic amines) is 1. The third-order valence-electron chi connectivity index (χ3n) is 6.25. The summed E-state index contributed by atoms with van der Waals surface area (Å²) in [6.45, 7) is 2.66. The molecular formula is C23H29N3O3S. The van der Waals surface area contributed by atoms with Crippen LogP contribution in [0.3, 0.4) is 0 Å². The van der Waals surface area contributed by atoms with Gasteiger partial charge in [-0.25, -0.2) is 4.98 Å². The number of hydrogen-bond acceptors (Lipinski definition) is 5. The van der Waals surface area contributed by atoms with E-state index in [0.717, 1.165) is 47.4 Å². The molecule has 0 radical (unpaired) electrons. The summed E-state index contributed by atoms with van der Waals surface area (Å²) in [5.41, 5.74) is 4.98. The van der Waals surface area contributed by atoms with Crippen molar-refractivity contribution < 1.29 is 14.7 Å². The van der Waals surface area contributed by atoms with Gasteiger partial charge in [-0.3, -0.25) is 9.59 Å². The first-order valence-corrected chi connectivity index (χ1v) is 11.7. The van der Waals surface area contributed by atoms with E-state index < -0.39 is 12.1 Å². The maximum Gasteiger partial charge on any atom is 0.243 e. The first-order chi connectivity index (χ1) is 14.5. The molecule has 1 aliphatic heterocycles. The van der Waals surface area contributed by atoms with Crippen molar-refractivity contribution >= 4 is 23.2 Å². The van der Waals surface area contributed by atoms with Crippen LogP contribution in [0.15, 0.2) is 29.8 Å². The molecule has 2 atom stereocenters. The molecule has 2 heterocycles. The van der Waals surface area contributed by atoms with E-state index in [1.807, 2.05) is 36.7 Å². The number of carbonyl (C=O) groups excluding carboxylic acids is 2. The molecule has 2 fully saturated rings. The molecule has 1 saturated heterocycles. The average Bonchev–Trinajstić information content (AvgIpc) is 3.38. The van der Waals surface area contributed by atoms with E-state index in [1.54, 1.807) is 16.2 Å². The van der Waals surface area contributed by atoms with Crippen LogP contribution in [-0.2, 0) is 16.1 Å². The fourth-order valence-corrected chi connectivity index (χ4v) is 5.36. The first-order valence-electron chi connectivity index (χ1n) is 10.8. The van der Waals surface area contributed by atoms with Gasteiger partial charge < -0.3 is 15.3 Å². The summed E-state index contributed by atoms with van der Waals surface area (Å²) < 4.78 is 0. The van der Waals surface area contributed by atoms with Crippen LogP contribution >= 0.6 is 11.3 Å². The zero-order chi connectivity index (χ0) is 21.1. The second-order valence-electron chi connectivity index (χ2n) is 8.41. The molecule has 1 saturated carbocycles. The number of aliphatic hydroxyl groups is 1. The van der Waals surface area contributed by atoms with Crippen LogP contribution in [0.2, 0.25) is 0 Å². The molecule has 4 rings (SSSR count). The molecule has 0 spiro atoms. The monoisotopic (exact) mass is 427 g/mol. The predicted octanol–water partition coefficient (Wildman–Crippen LogP) is 3.28. The number of aromatic nitrogens is 1. The Morgan fingerprint density at radius 3 is 2.60 bits per heavy atom. The highest BCUT2D eigenvalue weighted by Crippen LogP contribution is 2.29. The van der Waals surface area contributed by atoms with Crippen molar-refractivity contribution in [1.29, 1.82) is 0 Å². The fraction of sp³-hybridized carbons (Fsp3) is 0.522. The number of thiazole rings is 1. The Labute approximate surface area is 181 Å². The number of aliphatic hydroxyl groups excluding tert-OH is 1. The summed E-state index contributed by atoms with van der Waals surface area (Å²) in [7, 11) is 0. The van der Waals surface area contributed by atoms with E-state index in [2.05, 4.69) is 10.3 Å². The number of carbonyl (C=O) groups is 2. The number of amides is 2. The molecule has 1 aromatic heterocycles. The van der Waals surface area contributed by atoms with E-state index in [0.29, 0.717) is 13.0 Å².